The molecule has 1 amide bonds. The molecule has 0 radical (unpaired) electrons. The number of hydrogen-bond donors (Lipinski definition) is 1. The van der Waals surface area contributed by atoms with Gasteiger partial charge in [-0.1, -0.05) is 12.1 Å². The highest BCUT2D eigenvalue weighted by molar-refractivity contribution is 5.81. The summed E-state index contributed by atoms with van der Waals surface area (Å²) in [5.74, 6) is 1.40. The van der Waals surface area contributed by atoms with E-state index in [0.29, 0.717) is 24.6 Å². The standard InChI is InChI=1S/C21H24F2N2O5/c1-13(20(26)24-10-14-4-6-16-19(8-14)29-12-28-16)25(2)11-15-5-7-17(30-21(22)23)18(9-15)27-3/h4-9,13,21H,10-12H2,1-3H3,(H,24,26)/t13-/m0/s1. The summed E-state index contributed by atoms with van der Waals surface area (Å²) >= 11 is 0. The second-order valence-corrected chi connectivity index (χ2v) is 6.86. The van der Waals surface area contributed by atoms with Crippen LogP contribution in [0.15, 0.2) is 36.4 Å². The SMILES string of the molecule is COc1cc(CN(C)[C@@H](C)C(=O)NCc2ccc3c(c2)OCO3)ccc1OC(F)F. The first-order chi connectivity index (χ1) is 14.4. The first-order valence-corrected chi connectivity index (χ1v) is 9.35. The topological polar surface area (TPSA) is 69.3 Å². The Morgan fingerprint density at radius 3 is 2.60 bits per heavy atom. The fourth-order valence-corrected chi connectivity index (χ4v) is 3.02. The summed E-state index contributed by atoms with van der Waals surface area (Å²) in [6.07, 6.45) is 0. The highest BCUT2D eigenvalue weighted by Crippen LogP contribution is 2.32. The van der Waals surface area contributed by atoms with E-state index >= 15 is 0 Å². The van der Waals surface area contributed by atoms with Crippen LogP contribution in [0.5, 0.6) is 23.0 Å². The van der Waals surface area contributed by atoms with Crippen LogP contribution in [0.2, 0.25) is 0 Å². The van der Waals surface area contributed by atoms with Gasteiger partial charge in [-0.3, -0.25) is 9.69 Å². The lowest BCUT2D eigenvalue weighted by atomic mass is 10.1. The highest BCUT2D eigenvalue weighted by Gasteiger charge is 2.20. The highest BCUT2D eigenvalue weighted by atomic mass is 19.3. The van der Waals surface area contributed by atoms with E-state index in [1.54, 1.807) is 26.1 Å². The molecule has 1 heterocycles. The zero-order valence-electron chi connectivity index (χ0n) is 17.0. The lowest BCUT2D eigenvalue weighted by Gasteiger charge is -2.24. The van der Waals surface area contributed by atoms with Crippen molar-refractivity contribution in [2.24, 2.45) is 0 Å². The third kappa shape index (κ3) is 5.29. The smallest absolute Gasteiger partial charge is 0.387 e. The number of carbonyl (C=O) groups excluding carboxylic acids is 1. The Hall–Kier alpha value is -3.07. The number of amides is 1. The molecule has 7 nitrogen and oxygen atoms in total. The van der Waals surface area contributed by atoms with Gasteiger partial charge in [0.1, 0.15) is 0 Å². The van der Waals surface area contributed by atoms with E-state index in [1.165, 1.54) is 13.2 Å². The number of carbonyl (C=O) groups is 1. The van der Waals surface area contributed by atoms with Crippen LogP contribution in [-0.4, -0.2) is 44.4 Å². The lowest BCUT2D eigenvalue weighted by Crippen LogP contribution is -2.42. The summed E-state index contributed by atoms with van der Waals surface area (Å²) in [5.41, 5.74) is 1.70. The van der Waals surface area contributed by atoms with E-state index < -0.39 is 12.7 Å². The monoisotopic (exact) mass is 422 g/mol. The van der Waals surface area contributed by atoms with Gasteiger partial charge in [0.05, 0.1) is 13.2 Å². The van der Waals surface area contributed by atoms with E-state index in [0.717, 1.165) is 11.1 Å². The summed E-state index contributed by atoms with van der Waals surface area (Å²) in [5, 5.41) is 2.90. The van der Waals surface area contributed by atoms with Gasteiger partial charge in [0.15, 0.2) is 23.0 Å². The summed E-state index contributed by atoms with van der Waals surface area (Å²) in [4.78, 5) is 14.4. The third-order valence-corrected chi connectivity index (χ3v) is 4.82. The molecular weight excluding hydrogens is 398 g/mol. The zero-order chi connectivity index (χ0) is 21.7. The Balaban J connectivity index is 1.55. The Kier molecular flexibility index (Phi) is 6.94. The minimum Gasteiger partial charge on any atom is -0.493 e. The maximum Gasteiger partial charge on any atom is 0.387 e. The maximum atomic E-state index is 12.5. The fraction of sp³-hybridized carbons (Fsp3) is 0.381. The molecule has 1 atom stereocenters. The Labute approximate surface area is 173 Å². The van der Waals surface area contributed by atoms with Gasteiger partial charge < -0.3 is 24.3 Å². The van der Waals surface area contributed by atoms with Crippen molar-refractivity contribution in [1.29, 1.82) is 0 Å². The Morgan fingerprint density at radius 2 is 1.87 bits per heavy atom. The van der Waals surface area contributed by atoms with E-state index in [-0.39, 0.29) is 24.2 Å². The van der Waals surface area contributed by atoms with E-state index in [1.807, 2.05) is 23.1 Å². The number of nitrogens with zero attached hydrogens (tertiary/aromatic N) is 1. The first kappa shape index (κ1) is 21.6. The van der Waals surface area contributed by atoms with Gasteiger partial charge in [-0.15, -0.1) is 0 Å². The van der Waals surface area contributed by atoms with Crippen molar-refractivity contribution in [2.45, 2.75) is 32.7 Å². The Morgan fingerprint density at radius 1 is 1.13 bits per heavy atom. The van der Waals surface area contributed by atoms with Crippen molar-refractivity contribution < 1.29 is 32.5 Å². The van der Waals surface area contributed by atoms with Crippen molar-refractivity contribution in [3.8, 4) is 23.0 Å². The summed E-state index contributed by atoms with van der Waals surface area (Å²) < 4.78 is 45.1. The molecular formula is C21H24F2N2O5. The van der Waals surface area contributed by atoms with Crippen LogP contribution >= 0.6 is 0 Å². The molecule has 1 aliphatic heterocycles. The van der Waals surface area contributed by atoms with Crippen LogP contribution in [0.4, 0.5) is 8.78 Å². The first-order valence-electron chi connectivity index (χ1n) is 9.35. The second kappa shape index (κ2) is 9.62. The van der Waals surface area contributed by atoms with Crippen LogP contribution in [0.1, 0.15) is 18.1 Å². The van der Waals surface area contributed by atoms with Gasteiger partial charge in [0.25, 0.3) is 0 Å². The van der Waals surface area contributed by atoms with Crippen molar-refractivity contribution in [1.82, 2.24) is 10.2 Å². The van der Waals surface area contributed by atoms with Gasteiger partial charge in [-0.05, 0) is 49.4 Å². The predicted octanol–water partition coefficient (Wildman–Crippen LogP) is 3.16. The van der Waals surface area contributed by atoms with Crippen LogP contribution < -0.4 is 24.3 Å². The predicted molar refractivity (Wildman–Crippen MR) is 105 cm³/mol. The van der Waals surface area contributed by atoms with Gasteiger partial charge in [-0.2, -0.15) is 8.78 Å². The molecule has 0 bridgehead atoms. The van der Waals surface area contributed by atoms with Gasteiger partial charge in [-0.25, -0.2) is 0 Å². The molecule has 1 aliphatic rings. The number of ether oxygens (including phenoxy) is 4. The number of likely N-dealkylation sites (N-methyl/N-ethyl adjacent to an activating group) is 1. The molecule has 162 valence electrons. The molecule has 0 saturated carbocycles. The second-order valence-electron chi connectivity index (χ2n) is 6.86. The summed E-state index contributed by atoms with van der Waals surface area (Å²) in [7, 11) is 3.19. The fourth-order valence-electron chi connectivity index (χ4n) is 3.02. The van der Waals surface area contributed by atoms with Crippen LogP contribution in [0.25, 0.3) is 0 Å². The van der Waals surface area contributed by atoms with Crippen LogP contribution in [0.3, 0.4) is 0 Å². The number of methoxy groups -OCH3 is 1. The van der Waals surface area contributed by atoms with Gasteiger partial charge in [0.2, 0.25) is 12.7 Å². The van der Waals surface area contributed by atoms with Crippen molar-refractivity contribution in [3.05, 3.63) is 47.5 Å². The molecule has 2 aromatic carbocycles. The number of benzene rings is 2. The number of fused-ring (bicyclic) bond motifs is 1. The summed E-state index contributed by atoms with van der Waals surface area (Å²) in [6.45, 7) is -0.153. The minimum atomic E-state index is -2.93. The average molecular weight is 422 g/mol. The molecule has 9 heteroatoms. The quantitative estimate of drug-likeness (QED) is 0.670. The number of nitrogens with one attached hydrogen (secondary N) is 1. The lowest BCUT2D eigenvalue weighted by molar-refractivity contribution is -0.125. The summed E-state index contributed by atoms with van der Waals surface area (Å²) in [6, 6.07) is 9.82. The van der Waals surface area contributed by atoms with Crippen molar-refractivity contribution >= 4 is 5.91 Å². The molecule has 0 aliphatic carbocycles. The van der Waals surface area contributed by atoms with Gasteiger partial charge >= 0.3 is 6.61 Å². The minimum absolute atomic E-state index is 0.0339. The normalized spacial score (nSPS) is 13.4. The largest absolute Gasteiger partial charge is 0.493 e. The average Bonchev–Trinajstić information content (AvgIpc) is 3.20. The zero-order valence-corrected chi connectivity index (χ0v) is 17.0. The van der Waals surface area contributed by atoms with E-state index in [2.05, 4.69) is 10.1 Å². The van der Waals surface area contributed by atoms with Crippen LogP contribution in [-0.2, 0) is 17.9 Å². The Bertz CT molecular complexity index is 894. The number of rotatable bonds is 9. The number of hydrogen-bond acceptors (Lipinski definition) is 6. The third-order valence-electron chi connectivity index (χ3n) is 4.82. The molecule has 0 fully saturated rings. The van der Waals surface area contributed by atoms with Gasteiger partial charge in [0, 0.05) is 13.1 Å². The molecule has 2 aromatic rings. The van der Waals surface area contributed by atoms with E-state index in [4.69, 9.17) is 14.2 Å². The van der Waals surface area contributed by atoms with Crippen molar-refractivity contribution in [3.63, 3.8) is 0 Å². The maximum absolute atomic E-state index is 12.5. The van der Waals surface area contributed by atoms with Crippen LogP contribution in [0, 0.1) is 0 Å². The molecule has 30 heavy (non-hydrogen) atoms. The number of halogens is 2. The van der Waals surface area contributed by atoms with E-state index in [9.17, 15) is 13.6 Å². The molecule has 1 N–H and O–H groups in total. The molecule has 0 saturated heterocycles. The van der Waals surface area contributed by atoms with Crippen molar-refractivity contribution in [2.75, 3.05) is 21.0 Å². The molecule has 0 unspecified atom stereocenters. The molecule has 0 spiro atoms. The molecule has 0 aromatic heterocycles. The molecule has 3 rings (SSSR count). The number of alkyl halides is 2.